The molecule has 0 fully saturated rings. The summed E-state index contributed by atoms with van der Waals surface area (Å²) in [5.41, 5.74) is 2.24. The van der Waals surface area contributed by atoms with Gasteiger partial charge < -0.3 is 10.1 Å². The summed E-state index contributed by atoms with van der Waals surface area (Å²) in [7, 11) is 3.63. The van der Waals surface area contributed by atoms with E-state index in [1.165, 1.54) is 5.56 Å². The van der Waals surface area contributed by atoms with Crippen molar-refractivity contribution >= 4 is 0 Å². The van der Waals surface area contributed by atoms with E-state index in [0.717, 1.165) is 18.5 Å². The molecule has 1 rings (SSSR count). The van der Waals surface area contributed by atoms with E-state index in [-0.39, 0.29) is 0 Å². The summed E-state index contributed by atoms with van der Waals surface area (Å²) < 4.78 is 5.04. The number of nitrogens with one attached hydrogen (secondary N) is 1. The molecule has 0 unspecified atom stereocenters. The van der Waals surface area contributed by atoms with Crippen LogP contribution in [0.15, 0.2) is 24.3 Å². The summed E-state index contributed by atoms with van der Waals surface area (Å²) in [6.07, 6.45) is 0.885. The minimum Gasteiger partial charge on any atom is -0.380 e. The first kappa shape index (κ1) is 11.8. The van der Waals surface area contributed by atoms with Crippen LogP contribution in [0.5, 0.6) is 0 Å². The van der Waals surface area contributed by atoms with Crippen molar-refractivity contribution < 1.29 is 4.74 Å². The van der Waals surface area contributed by atoms with Gasteiger partial charge in [0.2, 0.25) is 0 Å². The Morgan fingerprint density at radius 2 is 2.00 bits per heavy atom. The number of benzene rings is 1. The van der Waals surface area contributed by atoms with Crippen LogP contribution < -0.4 is 5.32 Å². The average Bonchev–Trinajstić information content (AvgIpc) is 2.27. The van der Waals surface area contributed by atoms with E-state index in [2.05, 4.69) is 17.2 Å². The summed E-state index contributed by atoms with van der Waals surface area (Å²) in [5.74, 6) is 6.23. The smallest absolute Gasteiger partial charge is 0.0713 e. The molecule has 0 aliphatic carbocycles. The third kappa shape index (κ3) is 4.64. The summed E-state index contributed by atoms with van der Waals surface area (Å²) in [6, 6.07) is 8.15. The van der Waals surface area contributed by atoms with Gasteiger partial charge in [-0.1, -0.05) is 24.0 Å². The van der Waals surface area contributed by atoms with E-state index in [9.17, 15) is 0 Å². The highest BCUT2D eigenvalue weighted by Gasteiger charge is 1.90. The van der Waals surface area contributed by atoms with Gasteiger partial charge in [-0.2, -0.15) is 0 Å². The van der Waals surface area contributed by atoms with Crippen molar-refractivity contribution in [3.63, 3.8) is 0 Å². The van der Waals surface area contributed by atoms with Crippen LogP contribution in [0.4, 0.5) is 0 Å². The fourth-order valence-electron chi connectivity index (χ4n) is 1.20. The van der Waals surface area contributed by atoms with Crippen LogP contribution in [-0.4, -0.2) is 20.7 Å². The molecule has 0 amide bonds. The van der Waals surface area contributed by atoms with Gasteiger partial charge in [0.25, 0.3) is 0 Å². The molecule has 0 heterocycles. The lowest BCUT2D eigenvalue weighted by Gasteiger charge is -1.98. The van der Waals surface area contributed by atoms with Crippen molar-refractivity contribution in [3.05, 3.63) is 35.4 Å². The second-order valence-electron chi connectivity index (χ2n) is 3.29. The maximum absolute atomic E-state index is 5.04. The van der Waals surface area contributed by atoms with Gasteiger partial charge in [0, 0.05) is 25.6 Å². The number of hydrogen-bond donors (Lipinski definition) is 1. The predicted octanol–water partition coefficient (Wildman–Crippen LogP) is 1.79. The SMILES string of the molecule is CNCCC#Cc1ccc(COC)cc1. The van der Waals surface area contributed by atoms with Gasteiger partial charge in [-0.15, -0.1) is 0 Å². The second-order valence-corrected chi connectivity index (χ2v) is 3.29. The first-order valence-corrected chi connectivity index (χ1v) is 5.08. The lowest BCUT2D eigenvalue weighted by atomic mass is 10.1. The monoisotopic (exact) mass is 203 g/mol. The Bertz CT molecular complexity index is 332. The summed E-state index contributed by atoms with van der Waals surface area (Å²) in [5, 5.41) is 3.06. The molecular formula is C13H17NO. The van der Waals surface area contributed by atoms with Gasteiger partial charge in [-0.25, -0.2) is 0 Å². The van der Waals surface area contributed by atoms with E-state index in [1.54, 1.807) is 7.11 Å². The second kappa shape index (κ2) is 7.05. The Kier molecular flexibility index (Phi) is 5.54. The molecular weight excluding hydrogens is 186 g/mol. The van der Waals surface area contributed by atoms with Crippen molar-refractivity contribution in [2.45, 2.75) is 13.0 Å². The fraction of sp³-hybridized carbons (Fsp3) is 0.385. The lowest BCUT2D eigenvalue weighted by Crippen LogP contribution is -2.05. The van der Waals surface area contributed by atoms with E-state index < -0.39 is 0 Å². The van der Waals surface area contributed by atoms with Crippen LogP contribution >= 0.6 is 0 Å². The quantitative estimate of drug-likeness (QED) is 0.595. The van der Waals surface area contributed by atoms with Crippen molar-refractivity contribution in [2.75, 3.05) is 20.7 Å². The van der Waals surface area contributed by atoms with E-state index >= 15 is 0 Å². The van der Waals surface area contributed by atoms with E-state index in [0.29, 0.717) is 6.61 Å². The number of rotatable bonds is 4. The largest absolute Gasteiger partial charge is 0.380 e. The minimum absolute atomic E-state index is 0.660. The predicted molar refractivity (Wildman–Crippen MR) is 62.6 cm³/mol. The summed E-state index contributed by atoms with van der Waals surface area (Å²) >= 11 is 0. The Labute approximate surface area is 91.6 Å². The molecule has 0 saturated heterocycles. The highest BCUT2D eigenvalue weighted by atomic mass is 16.5. The Hall–Kier alpha value is -1.30. The van der Waals surface area contributed by atoms with Gasteiger partial charge in [0.05, 0.1) is 6.61 Å². The van der Waals surface area contributed by atoms with Crippen molar-refractivity contribution in [3.8, 4) is 11.8 Å². The normalized spacial score (nSPS) is 9.47. The zero-order valence-corrected chi connectivity index (χ0v) is 9.34. The zero-order valence-electron chi connectivity index (χ0n) is 9.34. The summed E-state index contributed by atoms with van der Waals surface area (Å²) in [6.45, 7) is 1.60. The van der Waals surface area contributed by atoms with Gasteiger partial charge in [-0.3, -0.25) is 0 Å². The van der Waals surface area contributed by atoms with Crippen LogP contribution in [0.2, 0.25) is 0 Å². The molecule has 0 aromatic heterocycles. The Balaban J connectivity index is 2.51. The van der Waals surface area contributed by atoms with Crippen LogP contribution in [-0.2, 0) is 11.3 Å². The number of ether oxygens (including phenoxy) is 1. The summed E-state index contributed by atoms with van der Waals surface area (Å²) in [4.78, 5) is 0. The van der Waals surface area contributed by atoms with Gasteiger partial charge in [-0.05, 0) is 24.7 Å². The molecule has 0 radical (unpaired) electrons. The van der Waals surface area contributed by atoms with Crippen LogP contribution in [0.25, 0.3) is 0 Å². The molecule has 0 aliphatic rings. The fourth-order valence-corrected chi connectivity index (χ4v) is 1.20. The van der Waals surface area contributed by atoms with Gasteiger partial charge in [0.1, 0.15) is 0 Å². The molecule has 0 spiro atoms. The first-order chi connectivity index (χ1) is 7.36. The molecule has 2 heteroatoms. The third-order valence-electron chi connectivity index (χ3n) is 2.00. The minimum atomic E-state index is 0.660. The molecule has 1 aromatic rings. The zero-order chi connectivity index (χ0) is 10.9. The van der Waals surface area contributed by atoms with E-state index in [1.807, 2.05) is 31.3 Å². The number of methoxy groups -OCH3 is 1. The molecule has 80 valence electrons. The topological polar surface area (TPSA) is 21.3 Å². The van der Waals surface area contributed by atoms with Crippen LogP contribution in [0.1, 0.15) is 17.5 Å². The van der Waals surface area contributed by atoms with Gasteiger partial charge in [0.15, 0.2) is 0 Å². The first-order valence-electron chi connectivity index (χ1n) is 5.08. The maximum atomic E-state index is 5.04. The van der Waals surface area contributed by atoms with Crippen molar-refractivity contribution in [1.29, 1.82) is 0 Å². The molecule has 0 saturated carbocycles. The standard InChI is InChI=1S/C13H17NO/c1-14-10-4-3-5-12-6-8-13(9-7-12)11-15-2/h6-9,14H,4,10-11H2,1-2H3. The maximum Gasteiger partial charge on any atom is 0.0713 e. The third-order valence-corrected chi connectivity index (χ3v) is 2.00. The van der Waals surface area contributed by atoms with Crippen molar-refractivity contribution in [1.82, 2.24) is 5.32 Å². The highest BCUT2D eigenvalue weighted by Crippen LogP contribution is 2.04. The molecule has 2 nitrogen and oxygen atoms in total. The van der Waals surface area contributed by atoms with Crippen molar-refractivity contribution in [2.24, 2.45) is 0 Å². The Morgan fingerprint density at radius 1 is 1.27 bits per heavy atom. The van der Waals surface area contributed by atoms with E-state index in [4.69, 9.17) is 4.74 Å². The Morgan fingerprint density at radius 3 is 2.60 bits per heavy atom. The molecule has 15 heavy (non-hydrogen) atoms. The molecule has 1 aromatic carbocycles. The lowest BCUT2D eigenvalue weighted by molar-refractivity contribution is 0.185. The van der Waals surface area contributed by atoms with Crippen LogP contribution in [0.3, 0.4) is 0 Å². The molecule has 1 N–H and O–H groups in total. The molecule has 0 aliphatic heterocycles. The van der Waals surface area contributed by atoms with Gasteiger partial charge >= 0.3 is 0 Å². The van der Waals surface area contributed by atoms with Crippen LogP contribution in [0, 0.1) is 11.8 Å². The highest BCUT2D eigenvalue weighted by molar-refractivity contribution is 5.35. The molecule has 0 atom stereocenters. The molecule has 0 bridgehead atoms. The average molecular weight is 203 g/mol. The number of hydrogen-bond acceptors (Lipinski definition) is 2.